The van der Waals surface area contributed by atoms with Gasteiger partial charge in [0.1, 0.15) is 17.1 Å². The van der Waals surface area contributed by atoms with E-state index in [1.54, 1.807) is 13.2 Å². The molecule has 4 rings (SSSR count). The number of hydrogen-bond donors (Lipinski definition) is 0. The summed E-state index contributed by atoms with van der Waals surface area (Å²) in [5.41, 5.74) is 2.12. The van der Waals surface area contributed by atoms with Crippen LogP contribution in [-0.4, -0.2) is 57.1 Å². The second-order valence-corrected chi connectivity index (χ2v) is 8.68. The van der Waals surface area contributed by atoms with Crippen LogP contribution < -0.4 is 20.0 Å². The van der Waals surface area contributed by atoms with E-state index in [9.17, 15) is 9.59 Å². The monoisotopic (exact) mass is 464 g/mol. The zero-order chi connectivity index (χ0) is 24.1. The van der Waals surface area contributed by atoms with Crippen LogP contribution in [0.2, 0.25) is 0 Å². The molecule has 0 saturated carbocycles. The highest BCUT2D eigenvalue weighted by atomic mass is 16.5. The van der Waals surface area contributed by atoms with Crippen molar-refractivity contribution in [3.63, 3.8) is 0 Å². The van der Waals surface area contributed by atoms with Gasteiger partial charge in [-0.25, -0.2) is 4.79 Å². The third-order valence-corrected chi connectivity index (χ3v) is 6.36. The largest absolute Gasteiger partial charge is 0.495 e. The number of benzene rings is 2. The zero-order valence-corrected chi connectivity index (χ0v) is 20.1. The van der Waals surface area contributed by atoms with Gasteiger partial charge in [-0.3, -0.25) is 9.69 Å². The van der Waals surface area contributed by atoms with Gasteiger partial charge in [0.15, 0.2) is 11.4 Å². The summed E-state index contributed by atoms with van der Waals surface area (Å²) in [7, 11) is 1.71. The number of anilines is 1. The first kappa shape index (κ1) is 23.8. The Balaban J connectivity index is 1.27. The van der Waals surface area contributed by atoms with Crippen molar-refractivity contribution < 1.29 is 18.7 Å². The maximum atomic E-state index is 12.3. The molecule has 0 atom stereocenters. The maximum Gasteiger partial charge on any atom is 0.336 e. The van der Waals surface area contributed by atoms with Crippen LogP contribution in [0.25, 0.3) is 11.0 Å². The average Bonchev–Trinajstić information content (AvgIpc) is 2.83. The molecule has 0 unspecified atom stereocenters. The lowest BCUT2D eigenvalue weighted by molar-refractivity contribution is 0.101. The lowest BCUT2D eigenvalue weighted by atomic mass is 10.0. The number of ketones is 1. The van der Waals surface area contributed by atoms with E-state index in [0.717, 1.165) is 68.0 Å². The molecule has 7 heteroatoms. The predicted molar refractivity (Wildman–Crippen MR) is 134 cm³/mol. The molecule has 0 bridgehead atoms. The lowest BCUT2D eigenvalue weighted by Crippen LogP contribution is -2.46. The molecule has 7 nitrogen and oxygen atoms in total. The predicted octanol–water partition coefficient (Wildman–Crippen LogP) is 4.29. The number of rotatable bonds is 9. The van der Waals surface area contributed by atoms with Crippen molar-refractivity contribution in [3.05, 3.63) is 64.0 Å². The Morgan fingerprint density at radius 3 is 2.53 bits per heavy atom. The second-order valence-electron chi connectivity index (χ2n) is 8.68. The number of fused-ring (bicyclic) bond motifs is 1. The molecule has 1 aliphatic rings. The summed E-state index contributed by atoms with van der Waals surface area (Å²) < 4.78 is 16.8. The fourth-order valence-corrected chi connectivity index (χ4v) is 4.54. The first-order chi connectivity index (χ1) is 16.5. The molecule has 1 aliphatic heterocycles. The number of Topliss-reactive ketones (excluding diaryl/α,β-unsaturated/α-hetero) is 1. The molecule has 0 radical (unpaired) electrons. The van der Waals surface area contributed by atoms with E-state index in [4.69, 9.17) is 13.9 Å². The number of methoxy groups -OCH3 is 1. The van der Waals surface area contributed by atoms with Gasteiger partial charge in [-0.15, -0.1) is 0 Å². The smallest absolute Gasteiger partial charge is 0.336 e. The van der Waals surface area contributed by atoms with E-state index < -0.39 is 5.63 Å². The van der Waals surface area contributed by atoms with E-state index in [2.05, 4.69) is 15.9 Å². The second kappa shape index (κ2) is 10.7. The van der Waals surface area contributed by atoms with Crippen molar-refractivity contribution in [1.29, 1.82) is 0 Å². The van der Waals surface area contributed by atoms with Crippen LogP contribution in [0.3, 0.4) is 0 Å². The first-order valence-electron chi connectivity index (χ1n) is 11.8. The number of para-hydroxylation sites is 2. The van der Waals surface area contributed by atoms with E-state index in [1.165, 1.54) is 13.0 Å². The summed E-state index contributed by atoms with van der Waals surface area (Å²) in [6, 6.07) is 13.2. The number of piperazine rings is 1. The third-order valence-electron chi connectivity index (χ3n) is 6.36. The van der Waals surface area contributed by atoms with Crippen molar-refractivity contribution in [3.8, 4) is 11.5 Å². The Labute approximate surface area is 199 Å². The summed E-state index contributed by atoms with van der Waals surface area (Å²) in [6.45, 7) is 8.78. The molecule has 0 amide bonds. The van der Waals surface area contributed by atoms with Crippen LogP contribution >= 0.6 is 0 Å². The number of unbranched alkanes of at least 4 members (excludes halogenated alkanes) is 1. The fourth-order valence-electron chi connectivity index (χ4n) is 4.54. The van der Waals surface area contributed by atoms with Gasteiger partial charge in [0, 0.05) is 37.6 Å². The Bertz CT molecular complexity index is 1210. The van der Waals surface area contributed by atoms with Crippen molar-refractivity contribution in [2.24, 2.45) is 0 Å². The molecule has 0 N–H and O–H groups in total. The summed E-state index contributed by atoms with van der Waals surface area (Å²) in [6.07, 6.45) is 1.88. The Morgan fingerprint density at radius 1 is 1.03 bits per heavy atom. The standard InChI is InChI=1S/C27H32N2O5/c1-19-18-25(31)34-27-21(19)10-11-24(26(27)20(2)30)33-17-7-6-12-28-13-15-29(16-14-28)22-8-4-5-9-23(22)32-3/h4-5,8-11,18H,6-7,12-17H2,1-3H3. The van der Waals surface area contributed by atoms with Crippen LogP contribution in [0.15, 0.2) is 51.7 Å². The van der Waals surface area contributed by atoms with Crippen molar-refractivity contribution >= 4 is 22.4 Å². The highest BCUT2D eigenvalue weighted by Gasteiger charge is 2.20. The van der Waals surface area contributed by atoms with Crippen molar-refractivity contribution in [2.45, 2.75) is 26.7 Å². The average molecular weight is 465 g/mol. The number of ether oxygens (including phenoxy) is 2. The number of aryl methyl sites for hydroxylation is 1. The van der Waals surface area contributed by atoms with Gasteiger partial charge in [-0.1, -0.05) is 12.1 Å². The molecule has 180 valence electrons. The molecular formula is C27H32N2O5. The van der Waals surface area contributed by atoms with Crippen LogP contribution in [0.4, 0.5) is 5.69 Å². The Morgan fingerprint density at radius 2 is 1.79 bits per heavy atom. The van der Waals surface area contributed by atoms with Crippen LogP contribution in [0.1, 0.15) is 35.7 Å². The van der Waals surface area contributed by atoms with E-state index in [-0.39, 0.29) is 5.78 Å². The van der Waals surface area contributed by atoms with E-state index in [1.807, 2.05) is 31.2 Å². The minimum absolute atomic E-state index is 0.178. The SMILES string of the molecule is COc1ccccc1N1CCN(CCCCOc2ccc3c(C)cc(=O)oc3c2C(C)=O)CC1. The summed E-state index contributed by atoms with van der Waals surface area (Å²) in [5.74, 6) is 1.21. The zero-order valence-electron chi connectivity index (χ0n) is 20.1. The number of carbonyl (C=O) groups is 1. The highest BCUT2D eigenvalue weighted by Crippen LogP contribution is 2.30. The molecule has 1 saturated heterocycles. The van der Waals surface area contributed by atoms with E-state index >= 15 is 0 Å². The lowest BCUT2D eigenvalue weighted by Gasteiger charge is -2.36. The van der Waals surface area contributed by atoms with Crippen LogP contribution in [0, 0.1) is 6.92 Å². The van der Waals surface area contributed by atoms with Crippen LogP contribution in [0.5, 0.6) is 11.5 Å². The Hall–Kier alpha value is -3.32. The molecule has 2 aromatic carbocycles. The van der Waals surface area contributed by atoms with E-state index in [0.29, 0.717) is 23.5 Å². The number of carbonyl (C=O) groups excluding carboxylic acids is 1. The van der Waals surface area contributed by atoms with Gasteiger partial charge in [-0.2, -0.15) is 0 Å². The van der Waals surface area contributed by atoms with Gasteiger partial charge in [0.05, 0.1) is 19.4 Å². The summed E-state index contributed by atoms with van der Waals surface area (Å²) in [5, 5.41) is 0.754. The van der Waals surface area contributed by atoms with Gasteiger partial charge >= 0.3 is 5.63 Å². The molecule has 1 aromatic heterocycles. The molecule has 1 fully saturated rings. The molecule has 0 aliphatic carbocycles. The maximum absolute atomic E-state index is 12.3. The van der Waals surface area contributed by atoms with Gasteiger partial charge in [0.2, 0.25) is 0 Å². The fraction of sp³-hybridized carbons (Fsp3) is 0.407. The molecule has 34 heavy (non-hydrogen) atoms. The quantitative estimate of drug-likeness (QED) is 0.266. The summed E-state index contributed by atoms with van der Waals surface area (Å²) in [4.78, 5) is 29.0. The Kier molecular flexibility index (Phi) is 7.53. The van der Waals surface area contributed by atoms with Gasteiger partial charge in [0.25, 0.3) is 0 Å². The topological polar surface area (TPSA) is 72.2 Å². The van der Waals surface area contributed by atoms with Crippen molar-refractivity contribution in [2.75, 3.05) is 51.3 Å². The van der Waals surface area contributed by atoms with Gasteiger partial charge in [-0.05, 0) is 63.1 Å². The van der Waals surface area contributed by atoms with Crippen molar-refractivity contribution in [1.82, 2.24) is 4.90 Å². The summed E-state index contributed by atoms with van der Waals surface area (Å²) >= 11 is 0. The first-order valence-corrected chi connectivity index (χ1v) is 11.8. The normalized spacial score (nSPS) is 14.4. The number of nitrogens with zero attached hydrogens (tertiary/aromatic N) is 2. The van der Waals surface area contributed by atoms with Crippen LogP contribution in [-0.2, 0) is 0 Å². The third kappa shape index (κ3) is 5.25. The minimum atomic E-state index is -0.463. The molecule has 0 spiro atoms. The molecule has 2 heterocycles. The highest BCUT2D eigenvalue weighted by molar-refractivity contribution is 6.07. The van der Waals surface area contributed by atoms with Gasteiger partial charge < -0.3 is 18.8 Å². The molecule has 3 aromatic rings. The molecular weight excluding hydrogens is 432 g/mol. The minimum Gasteiger partial charge on any atom is -0.495 e. The number of hydrogen-bond acceptors (Lipinski definition) is 7.